The highest BCUT2D eigenvalue weighted by Gasteiger charge is 2.01. The van der Waals surface area contributed by atoms with Crippen molar-refractivity contribution in [2.75, 3.05) is 11.9 Å². The molecule has 0 bridgehead atoms. The van der Waals surface area contributed by atoms with Crippen LogP contribution in [-0.4, -0.2) is 27.2 Å². The Morgan fingerprint density at radius 2 is 1.46 bits per heavy atom. The molecule has 1 aromatic carbocycles. The SMILES string of the molecule is CCCCCCCCCCCCNc1ccc(-c2nn[nH]n2)cc1. The molecule has 0 atom stereocenters. The highest BCUT2D eigenvalue weighted by atomic mass is 15.5. The Hall–Kier alpha value is -1.91. The number of benzene rings is 1. The zero-order chi connectivity index (χ0) is 16.9. The summed E-state index contributed by atoms with van der Waals surface area (Å²) in [6, 6.07) is 8.18. The lowest BCUT2D eigenvalue weighted by molar-refractivity contribution is 0.560. The molecule has 0 radical (unpaired) electrons. The number of aromatic amines is 1. The van der Waals surface area contributed by atoms with Gasteiger partial charge in [-0.3, -0.25) is 0 Å². The molecule has 0 aliphatic heterocycles. The Morgan fingerprint density at radius 3 is 2.04 bits per heavy atom. The summed E-state index contributed by atoms with van der Waals surface area (Å²) >= 11 is 0. The molecule has 0 unspecified atom stereocenters. The minimum atomic E-state index is 0.635. The Balaban J connectivity index is 1.47. The summed E-state index contributed by atoms with van der Waals surface area (Å²) in [6.45, 7) is 3.31. The van der Waals surface area contributed by atoms with E-state index in [1.807, 2.05) is 12.1 Å². The average Bonchev–Trinajstić information content (AvgIpc) is 3.15. The fourth-order valence-electron chi connectivity index (χ4n) is 2.87. The van der Waals surface area contributed by atoms with Crippen molar-refractivity contribution < 1.29 is 0 Å². The number of hydrogen-bond donors (Lipinski definition) is 2. The molecule has 1 aromatic heterocycles. The molecule has 132 valence electrons. The molecule has 0 aliphatic rings. The van der Waals surface area contributed by atoms with Gasteiger partial charge in [0, 0.05) is 17.8 Å². The van der Waals surface area contributed by atoms with Gasteiger partial charge in [0.15, 0.2) is 0 Å². The lowest BCUT2D eigenvalue weighted by Crippen LogP contribution is -2.01. The van der Waals surface area contributed by atoms with E-state index in [0.717, 1.165) is 17.8 Å². The maximum absolute atomic E-state index is 3.98. The summed E-state index contributed by atoms with van der Waals surface area (Å²) < 4.78 is 0. The number of H-pyrrole nitrogens is 1. The molecule has 0 spiro atoms. The second-order valence-electron chi connectivity index (χ2n) is 6.42. The normalized spacial score (nSPS) is 10.9. The first-order valence-electron chi connectivity index (χ1n) is 9.48. The van der Waals surface area contributed by atoms with Gasteiger partial charge in [-0.2, -0.15) is 5.21 Å². The van der Waals surface area contributed by atoms with Crippen molar-refractivity contribution in [2.24, 2.45) is 0 Å². The van der Waals surface area contributed by atoms with E-state index >= 15 is 0 Å². The number of rotatable bonds is 13. The van der Waals surface area contributed by atoms with Gasteiger partial charge in [0.1, 0.15) is 0 Å². The van der Waals surface area contributed by atoms with Crippen molar-refractivity contribution in [3.8, 4) is 11.4 Å². The summed E-state index contributed by atoms with van der Waals surface area (Å²) in [5.41, 5.74) is 2.13. The Labute approximate surface area is 145 Å². The third kappa shape index (κ3) is 7.11. The van der Waals surface area contributed by atoms with Crippen LogP contribution in [0, 0.1) is 0 Å². The third-order valence-corrected chi connectivity index (χ3v) is 4.35. The lowest BCUT2D eigenvalue weighted by atomic mass is 10.1. The number of tetrazole rings is 1. The zero-order valence-electron chi connectivity index (χ0n) is 14.9. The van der Waals surface area contributed by atoms with Crippen molar-refractivity contribution >= 4 is 5.69 Å². The van der Waals surface area contributed by atoms with Gasteiger partial charge >= 0.3 is 0 Å². The summed E-state index contributed by atoms with van der Waals surface area (Å²) in [5.74, 6) is 0.635. The molecular formula is C19H31N5. The van der Waals surface area contributed by atoms with Gasteiger partial charge in [0.05, 0.1) is 0 Å². The topological polar surface area (TPSA) is 66.5 Å². The number of nitrogens with one attached hydrogen (secondary N) is 2. The molecule has 0 aliphatic carbocycles. The first-order valence-corrected chi connectivity index (χ1v) is 9.48. The van der Waals surface area contributed by atoms with Gasteiger partial charge < -0.3 is 5.32 Å². The van der Waals surface area contributed by atoms with Gasteiger partial charge in [-0.15, -0.1) is 10.2 Å². The van der Waals surface area contributed by atoms with E-state index < -0.39 is 0 Å². The summed E-state index contributed by atoms with van der Waals surface area (Å²) in [7, 11) is 0. The number of aromatic nitrogens is 4. The van der Waals surface area contributed by atoms with Crippen LogP contribution in [0.15, 0.2) is 24.3 Å². The Morgan fingerprint density at radius 1 is 0.833 bits per heavy atom. The molecule has 2 aromatic rings. The van der Waals surface area contributed by atoms with Crippen LogP contribution in [0.4, 0.5) is 5.69 Å². The van der Waals surface area contributed by atoms with Crippen LogP contribution in [0.3, 0.4) is 0 Å². The zero-order valence-corrected chi connectivity index (χ0v) is 14.9. The highest BCUT2D eigenvalue weighted by Crippen LogP contribution is 2.17. The van der Waals surface area contributed by atoms with Crippen LogP contribution in [0.25, 0.3) is 11.4 Å². The number of nitrogens with zero attached hydrogens (tertiary/aromatic N) is 3. The molecule has 0 saturated carbocycles. The van der Waals surface area contributed by atoms with E-state index in [0.29, 0.717) is 5.82 Å². The van der Waals surface area contributed by atoms with E-state index in [-0.39, 0.29) is 0 Å². The molecule has 5 heteroatoms. The molecule has 0 amide bonds. The second-order valence-corrected chi connectivity index (χ2v) is 6.42. The third-order valence-electron chi connectivity index (χ3n) is 4.35. The monoisotopic (exact) mass is 329 g/mol. The van der Waals surface area contributed by atoms with E-state index in [4.69, 9.17) is 0 Å². The van der Waals surface area contributed by atoms with E-state index in [2.05, 4.69) is 45.0 Å². The number of anilines is 1. The second kappa shape index (κ2) is 11.6. The van der Waals surface area contributed by atoms with Gasteiger partial charge in [0.2, 0.25) is 5.82 Å². The van der Waals surface area contributed by atoms with Gasteiger partial charge in [0.25, 0.3) is 0 Å². The van der Waals surface area contributed by atoms with Crippen molar-refractivity contribution in [2.45, 2.75) is 71.1 Å². The molecule has 0 fully saturated rings. The molecule has 2 rings (SSSR count). The first-order chi connectivity index (χ1) is 11.9. The first kappa shape index (κ1) is 18.4. The molecule has 24 heavy (non-hydrogen) atoms. The predicted molar refractivity (Wildman–Crippen MR) is 99.9 cm³/mol. The van der Waals surface area contributed by atoms with E-state index in [9.17, 15) is 0 Å². The minimum absolute atomic E-state index is 0.635. The minimum Gasteiger partial charge on any atom is -0.385 e. The summed E-state index contributed by atoms with van der Waals surface area (Å²) in [5, 5.41) is 17.5. The van der Waals surface area contributed by atoms with Crippen LogP contribution in [0.5, 0.6) is 0 Å². The van der Waals surface area contributed by atoms with Crippen LogP contribution in [0.2, 0.25) is 0 Å². The Bertz CT molecular complexity index is 521. The quantitative estimate of drug-likeness (QED) is 0.496. The van der Waals surface area contributed by atoms with Gasteiger partial charge in [-0.25, -0.2) is 0 Å². The fourth-order valence-corrected chi connectivity index (χ4v) is 2.87. The molecule has 5 nitrogen and oxygen atoms in total. The summed E-state index contributed by atoms with van der Waals surface area (Å²) in [4.78, 5) is 0. The van der Waals surface area contributed by atoms with Crippen LogP contribution >= 0.6 is 0 Å². The van der Waals surface area contributed by atoms with E-state index in [1.165, 1.54) is 64.2 Å². The van der Waals surface area contributed by atoms with Gasteiger partial charge in [-0.1, -0.05) is 64.7 Å². The maximum Gasteiger partial charge on any atom is 0.204 e. The fraction of sp³-hybridized carbons (Fsp3) is 0.632. The number of hydrogen-bond acceptors (Lipinski definition) is 4. The van der Waals surface area contributed by atoms with Crippen LogP contribution in [-0.2, 0) is 0 Å². The largest absolute Gasteiger partial charge is 0.385 e. The van der Waals surface area contributed by atoms with Gasteiger partial charge in [-0.05, 0) is 35.9 Å². The van der Waals surface area contributed by atoms with Crippen LogP contribution in [0.1, 0.15) is 71.1 Å². The van der Waals surface area contributed by atoms with Crippen molar-refractivity contribution in [1.82, 2.24) is 20.6 Å². The molecule has 1 heterocycles. The van der Waals surface area contributed by atoms with E-state index in [1.54, 1.807) is 0 Å². The molecule has 2 N–H and O–H groups in total. The smallest absolute Gasteiger partial charge is 0.204 e. The molecule has 0 saturated heterocycles. The standard InChI is InChI=1S/C19H31N5/c1-2-3-4-5-6-7-8-9-10-11-16-20-18-14-12-17(13-15-18)19-21-23-24-22-19/h12-15,20H,2-11,16H2,1H3,(H,21,22,23,24). The average molecular weight is 329 g/mol. The predicted octanol–water partition coefficient (Wildman–Crippen LogP) is 5.20. The Kier molecular flexibility index (Phi) is 8.91. The molecular weight excluding hydrogens is 298 g/mol. The van der Waals surface area contributed by atoms with Crippen molar-refractivity contribution in [3.63, 3.8) is 0 Å². The maximum atomic E-state index is 3.98. The van der Waals surface area contributed by atoms with Crippen molar-refractivity contribution in [1.29, 1.82) is 0 Å². The highest BCUT2D eigenvalue weighted by molar-refractivity contribution is 5.58. The van der Waals surface area contributed by atoms with Crippen LogP contribution < -0.4 is 5.32 Å². The number of unbranched alkanes of at least 4 members (excludes halogenated alkanes) is 9. The lowest BCUT2D eigenvalue weighted by Gasteiger charge is -2.07. The van der Waals surface area contributed by atoms with Crippen molar-refractivity contribution in [3.05, 3.63) is 24.3 Å². The summed E-state index contributed by atoms with van der Waals surface area (Å²) in [6.07, 6.45) is 13.7.